The van der Waals surface area contributed by atoms with E-state index in [0.717, 1.165) is 29.8 Å². The summed E-state index contributed by atoms with van der Waals surface area (Å²) in [6.07, 6.45) is 8.65. The summed E-state index contributed by atoms with van der Waals surface area (Å²) >= 11 is 0. The van der Waals surface area contributed by atoms with Gasteiger partial charge in [-0.3, -0.25) is 0 Å². The quantitative estimate of drug-likeness (QED) is 0.749. The van der Waals surface area contributed by atoms with E-state index in [1.165, 1.54) is 38.5 Å². The van der Waals surface area contributed by atoms with Gasteiger partial charge in [0.1, 0.15) is 0 Å². The van der Waals surface area contributed by atoms with Crippen LogP contribution in [0.3, 0.4) is 0 Å². The standard InChI is InChI=1S/C14H27N/c1-10-7-8-14(11(2)9-10)15-12(3)13-5-4-6-13/h10-15H,4-9H2,1-3H3. The molecule has 4 unspecified atom stereocenters. The topological polar surface area (TPSA) is 12.0 Å². The average molecular weight is 209 g/mol. The Morgan fingerprint density at radius 3 is 2.33 bits per heavy atom. The maximum absolute atomic E-state index is 3.89. The Morgan fingerprint density at radius 1 is 1.07 bits per heavy atom. The second kappa shape index (κ2) is 4.86. The van der Waals surface area contributed by atoms with Crippen molar-refractivity contribution in [3.8, 4) is 0 Å². The first kappa shape index (κ1) is 11.4. The Hall–Kier alpha value is -0.0400. The first-order valence-corrected chi connectivity index (χ1v) is 6.93. The molecule has 0 heterocycles. The van der Waals surface area contributed by atoms with Crippen molar-refractivity contribution < 1.29 is 0 Å². The normalized spacial score (nSPS) is 39.8. The smallest absolute Gasteiger partial charge is 0.00954 e. The van der Waals surface area contributed by atoms with Crippen molar-refractivity contribution in [3.63, 3.8) is 0 Å². The first-order chi connectivity index (χ1) is 7.16. The van der Waals surface area contributed by atoms with Crippen LogP contribution in [0.25, 0.3) is 0 Å². The van der Waals surface area contributed by atoms with Crippen molar-refractivity contribution in [2.75, 3.05) is 0 Å². The zero-order valence-electron chi connectivity index (χ0n) is 10.6. The molecule has 2 aliphatic carbocycles. The summed E-state index contributed by atoms with van der Waals surface area (Å²) in [6, 6.07) is 1.57. The zero-order valence-corrected chi connectivity index (χ0v) is 10.6. The van der Waals surface area contributed by atoms with Crippen molar-refractivity contribution in [2.24, 2.45) is 17.8 Å². The molecule has 0 radical (unpaired) electrons. The Morgan fingerprint density at radius 2 is 1.80 bits per heavy atom. The van der Waals surface area contributed by atoms with Crippen molar-refractivity contribution >= 4 is 0 Å². The minimum absolute atomic E-state index is 0.764. The minimum atomic E-state index is 0.764. The Kier molecular flexibility index (Phi) is 3.71. The lowest BCUT2D eigenvalue weighted by atomic mass is 9.77. The summed E-state index contributed by atoms with van der Waals surface area (Å²) in [7, 11) is 0. The Labute approximate surface area is 95.0 Å². The lowest BCUT2D eigenvalue weighted by Gasteiger charge is -2.39. The third-order valence-electron chi connectivity index (χ3n) is 4.77. The van der Waals surface area contributed by atoms with Crippen LogP contribution in [0.1, 0.15) is 59.3 Å². The van der Waals surface area contributed by atoms with Crippen LogP contribution in [0.4, 0.5) is 0 Å². The summed E-state index contributed by atoms with van der Waals surface area (Å²) in [5.41, 5.74) is 0. The van der Waals surface area contributed by atoms with Gasteiger partial charge >= 0.3 is 0 Å². The van der Waals surface area contributed by atoms with E-state index in [4.69, 9.17) is 0 Å². The highest BCUT2D eigenvalue weighted by atomic mass is 15.0. The molecule has 2 fully saturated rings. The second-order valence-electron chi connectivity index (χ2n) is 6.15. The zero-order chi connectivity index (χ0) is 10.8. The predicted octanol–water partition coefficient (Wildman–Crippen LogP) is 3.59. The van der Waals surface area contributed by atoms with Crippen molar-refractivity contribution in [2.45, 2.75) is 71.4 Å². The largest absolute Gasteiger partial charge is 0.311 e. The fourth-order valence-electron chi connectivity index (χ4n) is 3.33. The fourth-order valence-corrected chi connectivity index (χ4v) is 3.33. The van der Waals surface area contributed by atoms with Gasteiger partial charge in [0.25, 0.3) is 0 Å². The van der Waals surface area contributed by atoms with Gasteiger partial charge in [-0.1, -0.05) is 20.3 Å². The molecule has 0 saturated heterocycles. The monoisotopic (exact) mass is 209 g/mol. The highest BCUT2D eigenvalue weighted by Gasteiger charge is 2.30. The van der Waals surface area contributed by atoms with Crippen LogP contribution in [0.15, 0.2) is 0 Å². The van der Waals surface area contributed by atoms with E-state index in [1.54, 1.807) is 0 Å². The molecule has 88 valence electrons. The molecule has 0 aromatic heterocycles. The van der Waals surface area contributed by atoms with Gasteiger partial charge in [-0.2, -0.15) is 0 Å². The molecule has 0 aromatic carbocycles. The lowest BCUT2D eigenvalue weighted by molar-refractivity contribution is 0.169. The molecule has 2 rings (SSSR count). The molecular weight excluding hydrogens is 182 g/mol. The highest BCUT2D eigenvalue weighted by molar-refractivity contribution is 4.87. The molecule has 0 aliphatic heterocycles. The molecule has 0 bridgehead atoms. The molecule has 0 spiro atoms. The van der Waals surface area contributed by atoms with E-state index in [0.29, 0.717) is 0 Å². The number of hydrogen-bond acceptors (Lipinski definition) is 1. The lowest BCUT2D eigenvalue weighted by Crippen LogP contribution is -2.47. The van der Waals surface area contributed by atoms with Gasteiger partial charge in [0.2, 0.25) is 0 Å². The number of rotatable bonds is 3. The summed E-state index contributed by atoms with van der Waals surface area (Å²) in [5.74, 6) is 2.82. The van der Waals surface area contributed by atoms with E-state index >= 15 is 0 Å². The van der Waals surface area contributed by atoms with Crippen molar-refractivity contribution in [1.82, 2.24) is 5.32 Å². The third-order valence-corrected chi connectivity index (χ3v) is 4.77. The molecule has 4 atom stereocenters. The average Bonchev–Trinajstić information content (AvgIpc) is 2.07. The fraction of sp³-hybridized carbons (Fsp3) is 1.00. The predicted molar refractivity (Wildman–Crippen MR) is 65.9 cm³/mol. The van der Waals surface area contributed by atoms with Crippen molar-refractivity contribution in [3.05, 3.63) is 0 Å². The third kappa shape index (κ3) is 2.75. The van der Waals surface area contributed by atoms with Gasteiger partial charge in [-0.15, -0.1) is 0 Å². The maximum Gasteiger partial charge on any atom is 0.00954 e. The summed E-state index contributed by atoms with van der Waals surface area (Å²) < 4.78 is 0. The Bertz CT molecular complexity index is 198. The van der Waals surface area contributed by atoms with Gasteiger partial charge in [0.15, 0.2) is 0 Å². The van der Waals surface area contributed by atoms with Crippen LogP contribution < -0.4 is 5.32 Å². The van der Waals surface area contributed by atoms with Crippen LogP contribution in [0.5, 0.6) is 0 Å². The summed E-state index contributed by atoms with van der Waals surface area (Å²) in [6.45, 7) is 7.23. The van der Waals surface area contributed by atoms with Gasteiger partial charge in [-0.05, 0) is 56.8 Å². The number of hydrogen-bond donors (Lipinski definition) is 1. The van der Waals surface area contributed by atoms with Crippen LogP contribution in [0.2, 0.25) is 0 Å². The van der Waals surface area contributed by atoms with Crippen LogP contribution >= 0.6 is 0 Å². The van der Waals surface area contributed by atoms with Gasteiger partial charge in [-0.25, -0.2) is 0 Å². The second-order valence-corrected chi connectivity index (χ2v) is 6.15. The van der Waals surface area contributed by atoms with Gasteiger partial charge in [0, 0.05) is 12.1 Å². The van der Waals surface area contributed by atoms with Crippen LogP contribution in [-0.4, -0.2) is 12.1 Å². The van der Waals surface area contributed by atoms with E-state index in [1.807, 2.05) is 0 Å². The molecule has 2 saturated carbocycles. The molecule has 1 N–H and O–H groups in total. The Balaban J connectivity index is 1.77. The van der Waals surface area contributed by atoms with Crippen LogP contribution in [0, 0.1) is 17.8 Å². The SMILES string of the molecule is CC1CCC(NC(C)C2CCC2)C(C)C1. The molecule has 15 heavy (non-hydrogen) atoms. The highest BCUT2D eigenvalue weighted by Crippen LogP contribution is 2.32. The molecule has 0 amide bonds. The number of nitrogens with one attached hydrogen (secondary N) is 1. The van der Waals surface area contributed by atoms with E-state index in [-0.39, 0.29) is 0 Å². The molecular formula is C14H27N. The van der Waals surface area contributed by atoms with E-state index < -0.39 is 0 Å². The van der Waals surface area contributed by atoms with Gasteiger partial charge in [0.05, 0.1) is 0 Å². The van der Waals surface area contributed by atoms with Gasteiger partial charge < -0.3 is 5.32 Å². The molecule has 2 aliphatic rings. The summed E-state index contributed by atoms with van der Waals surface area (Å²) in [4.78, 5) is 0. The maximum atomic E-state index is 3.89. The van der Waals surface area contributed by atoms with E-state index in [2.05, 4.69) is 26.1 Å². The van der Waals surface area contributed by atoms with Crippen LogP contribution in [-0.2, 0) is 0 Å². The minimum Gasteiger partial charge on any atom is -0.311 e. The molecule has 0 aromatic rings. The van der Waals surface area contributed by atoms with Crippen molar-refractivity contribution in [1.29, 1.82) is 0 Å². The molecule has 1 heteroatoms. The molecule has 1 nitrogen and oxygen atoms in total. The summed E-state index contributed by atoms with van der Waals surface area (Å²) in [5, 5.41) is 3.89. The van der Waals surface area contributed by atoms with E-state index in [9.17, 15) is 0 Å². The first-order valence-electron chi connectivity index (χ1n) is 6.93.